The first-order valence-electron chi connectivity index (χ1n) is 6.18. The van der Waals surface area contributed by atoms with Crippen LogP contribution in [0.25, 0.3) is 0 Å². The zero-order valence-electron chi connectivity index (χ0n) is 11.4. The predicted molar refractivity (Wildman–Crippen MR) is 78.6 cm³/mol. The summed E-state index contributed by atoms with van der Waals surface area (Å²) in [4.78, 5) is 0. The standard InChI is InChI=1S/C15H16FNO2S/c1-11-3-8-15(9-12(11)2)17-20(18,19)10-13-4-6-14(16)7-5-13/h3-9,17H,10H2,1-2H3. The molecule has 0 fully saturated rings. The van der Waals surface area contributed by atoms with Crippen molar-refractivity contribution in [3.63, 3.8) is 0 Å². The van der Waals surface area contributed by atoms with Crippen molar-refractivity contribution < 1.29 is 12.8 Å². The number of nitrogens with one attached hydrogen (secondary N) is 1. The number of aryl methyl sites for hydroxylation is 2. The van der Waals surface area contributed by atoms with Gasteiger partial charge in [-0.05, 0) is 54.8 Å². The molecule has 1 N–H and O–H groups in total. The number of rotatable bonds is 4. The maximum atomic E-state index is 12.8. The lowest BCUT2D eigenvalue weighted by atomic mass is 10.1. The summed E-state index contributed by atoms with van der Waals surface area (Å²) in [7, 11) is -3.50. The van der Waals surface area contributed by atoms with Crippen molar-refractivity contribution >= 4 is 15.7 Å². The molecule has 0 bridgehead atoms. The van der Waals surface area contributed by atoms with Crippen LogP contribution in [0.3, 0.4) is 0 Å². The number of sulfonamides is 1. The molecule has 0 saturated carbocycles. The van der Waals surface area contributed by atoms with Crippen LogP contribution in [0.5, 0.6) is 0 Å². The Morgan fingerprint density at radius 2 is 1.65 bits per heavy atom. The second-order valence-electron chi connectivity index (χ2n) is 4.79. The highest BCUT2D eigenvalue weighted by atomic mass is 32.2. The van der Waals surface area contributed by atoms with E-state index in [2.05, 4.69) is 4.72 Å². The maximum absolute atomic E-state index is 12.8. The van der Waals surface area contributed by atoms with Crippen LogP contribution in [0.2, 0.25) is 0 Å². The van der Waals surface area contributed by atoms with Crippen LogP contribution in [0, 0.1) is 19.7 Å². The number of anilines is 1. The quantitative estimate of drug-likeness (QED) is 0.939. The van der Waals surface area contributed by atoms with Gasteiger partial charge in [-0.1, -0.05) is 18.2 Å². The van der Waals surface area contributed by atoms with Gasteiger partial charge in [0.15, 0.2) is 0 Å². The molecule has 5 heteroatoms. The molecule has 2 rings (SSSR count). The monoisotopic (exact) mass is 293 g/mol. The Hall–Kier alpha value is -1.88. The molecule has 106 valence electrons. The second kappa shape index (κ2) is 5.63. The zero-order chi connectivity index (χ0) is 14.8. The van der Waals surface area contributed by atoms with E-state index in [1.54, 1.807) is 12.1 Å². The molecular formula is C15H16FNO2S. The Morgan fingerprint density at radius 1 is 1.00 bits per heavy atom. The number of hydrogen-bond donors (Lipinski definition) is 1. The molecule has 0 amide bonds. The highest BCUT2D eigenvalue weighted by molar-refractivity contribution is 7.91. The summed E-state index contributed by atoms with van der Waals surface area (Å²) in [6, 6.07) is 10.8. The first kappa shape index (κ1) is 14.5. The molecule has 0 heterocycles. The Bertz CT molecular complexity index is 709. The highest BCUT2D eigenvalue weighted by Gasteiger charge is 2.12. The van der Waals surface area contributed by atoms with Crippen LogP contribution in [-0.2, 0) is 15.8 Å². The minimum atomic E-state index is -3.50. The van der Waals surface area contributed by atoms with Crippen molar-refractivity contribution in [3.05, 3.63) is 65.0 Å². The predicted octanol–water partition coefficient (Wildman–Crippen LogP) is 3.38. The van der Waals surface area contributed by atoms with Gasteiger partial charge >= 0.3 is 0 Å². The third-order valence-corrected chi connectivity index (χ3v) is 4.31. The lowest BCUT2D eigenvalue weighted by Gasteiger charge is -2.10. The number of hydrogen-bond acceptors (Lipinski definition) is 2. The van der Waals surface area contributed by atoms with Gasteiger partial charge in [-0.15, -0.1) is 0 Å². The van der Waals surface area contributed by atoms with Crippen LogP contribution in [0.1, 0.15) is 16.7 Å². The third kappa shape index (κ3) is 3.81. The molecule has 0 aliphatic carbocycles. The highest BCUT2D eigenvalue weighted by Crippen LogP contribution is 2.17. The fourth-order valence-electron chi connectivity index (χ4n) is 1.82. The van der Waals surface area contributed by atoms with E-state index >= 15 is 0 Å². The fourth-order valence-corrected chi connectivity index (χ4v) is 3.01. The minimum absolute atomic E-state index is 0.180. The second-order valence-corrected chi connectivity index (χ2v) is 6.51. The molecule has 0 unspecified atom stereocenters. The van der Waals surface area contributed by atoms with E-state index in [-0.39, 0.29) is 11.6 Å². The first-order valence-corrected chi connectivity index (χ1v) is 7.83. The normalized spacial score (nSPS) is 11.3. The van der Waals surface area contributed by atoms with Crippen LogP contribution in [-0.4, -0.2) is 8.42 Å². The van der Waals surface area contributed by atoms with Gasteiger partial charge in [0, 0.05) is 5.69 Å². The van der Waals surface area contributed by atoms with Crippen LogP contribution >= 0.6 is 0 Å². The van der Waals surface area contributed by atoms with Gasteiger partial charge in [0.25, 0.3) is 0 Å². The molecular weight excluding hydrogens is 277 g/mol. The Morgan fingerprint density at radius 3 is 2.25 bits per heavy atom. The van der Waals surface area contributed by atoms with Gasteiger partial charge in [-0.2, -0.15) is 0 Å². The largest absolute Gasteiger partial charge is 0.283 e. The third-order valence-electron chi connectivity index (χ3n) is 3.05. The van der Waals surface area contributed by atoms with Gasteiger partial charge in [-0.3, -0.25) is 4.72 Å². The molecule has 2 aromatic carbocycles. The summed E-state index contributed by atoms with van der Waals surface area (Å²) in [5.74, 6) is -0.562. The van der Waals surface area contributed by atoms with Crippen molar-refractivity contribution in [1.82, 2.24) is 0 Å². The topological polar surface area (TPSA) is 46.2 Å². The molecule has 20 heavy (non-hydrogen) atoms. The van der Waals surface area contributed by atoms with Gasteiger partial charge in [0.05, 0.1) is 5.75 Å². The molecule has 0 spiro atoms. The van der Waals surface area contributed by atoms with Gasteiger partial charge < -0.3 is 0 Å². The SMILES string of the molecule is Cc1ccc(NS(=O)(=O)Cc2ccc(F)cc2)cc1C. The average Bonchev–Trinajstić information content (AvgIpc) is 2.36. The van der Waals surface area contributed by atoms with E-state index in [0.717, 1.165) is 11.1 Å². The molecule has 0 saturated heterocycles. The Kier molecular flexibility index (Phi) is 4.09. The van der Waals surface area contributed by atoms with E-state index in [1.807, 2.05) is 19.9 Å². The molecule has 0 aliphatic rings. The van der Waals surface area contributed by atoms with Crippen molar-refractivity contribution in [2.75, 3.05) is 4.72 Å². The van der Waals surface area contributed by atoms with E-state index < -0.39 is 10.0 Å². The molecule has 0 radical (unpaired) electrons. The van der Waals surface area contributed by atoms with Gasteiger partial charge in [0.1, 0.15) is 5.82 Å². The first-order chi connectivity index (χ1) is 9.35. The van der Waals surface area contributed by atoms with E-state index in [4.69, 9.17) is 0 Å². The maximum Gasteiger partial charge on any atom is 0.236 e. The van der Waals surface area contributed by atoms with Crippen LogP contribution < -0.4 is 4.72 Å². The molecule has 3 nitrogen and oxygen atoms in total. The average molecular weight is 293 g/mol. The Labute approximate surface area is 118 Å². The van der Waals surface area contributed by atoms with Crippen molar-refractivity contribution in [2.45, 2.75) is 19.6 Å². The summed E-state index contributed by atoms with van der Waals surface area (Å²) in [5, 5.41) is 0. The summed E-state index contributed by atoms with van der Waals surface area (Å²) >= 11 is 0. The number of benzene rings is 2. The van der Waals surface area contributed by atoms with Crippen molar-refractivity contribution in [2.24, 2.45) is 0 Å². The lowest BCUT2D eigenvalue weighted by molar-refractivity contribution is 0.600. The van der Waals surface area contributed by atoms with E-state index in [1.165, 1.54) is 24.3 Å². The van der Waals surface area contributed by atoms with Gasteiger partial charge in [0.2, 0.25) is 10.0 Å². The van der Waals surface area contributed by atoms with Gasteiger partial charge in [-0.25, -0.2) is 12.8 Å². The fraction of sp³-hybridized carbons (Fsp3) is 0.200. The van der Waals surface area contributed by atoms with E-state index in [9.17, 15) is 12.8 Å². The number of halogens is 1. The molecule has 0 aliphatic heterocycles. The molecule has 0 aromatic heterocycles. The molecule has 0 atom stereocenters. The van der Waals surface area contributed by atoms with E-state index in [0.29, 0.717) is 11.3 Å². The summed E-state index contributed by atoms with van der Waals surface area (Å²) < 4.78 is 39.4. The summed E-state index contributed by atoms with van der Waals surface area (Å²) in [6.07, 6.45) is 0. The van der Waals surface area contributed by atoms with Crippen molar-refractivity contribution in [3.8, 4) is 0 Å². The Balaban J connectivity index is 2.14. The van der Waals surface area contributed by atoms with Crippen molar-refractivity contribution in [1.29, 1.82) is 0 Å². The van der Waals surface area contributed by atoms with Crippen LogP contribution in [0.15, 0.2) is 42.5 Å². The summed E-state index contributed by atoms with van der Waals surface area (Å²) in [6.45, 7) is 3.89. The zero-order valence-corrected chi connectivity index (χ0v) is 12.2. The minimum Gasteiger partial charge on any atom is -0.283 e. The smallest absolute Gasteiger partial charge is 0.236 e. The lowest BCUT2D eigenvalue weighted by Crippen LogP contribution is -2.15. The summed E-state index contributed by atoms with van der Waals surface area (Å²) in [5.41, 5.74) is 3.21. The molecule has 2 aromatic rings. The van der Waals surface area contributed by atoms with Crippen LogP contribution in [0.4, 0.5) is 10.1 Å².